The molecule has 0 bridgehead atoms. The number of rotatable bonds is 6. The number of carboxylic acids is 1. The minimum absolute atomic E-state index is 0.169. The lowest BCUT2D eigenvalue weighted by molar-refractivity contribution is -0.146. The normalized spacial score (nSPS) is 12.9. The number of carbonyl (C=O) groups is 2. The number of aliphatic carboxylic acids is 1. The monoisotopic (exact) mass is 287 g/mol. The molecule has 0 spiro atoms. The summed E-state index contributed by atoms with van der Waals surface area (Å²) in [6.45, 7) is 0.648. The molecule has 104 valence electrons. The number of carbonyl (C=O) groups excluding carboxylic acids is 1. The van der Waals surface area contributed by atoms with Gasteiger partial charge in [-0.2, -0.15) is 0 Å². The number of hydrogen-bond acceptors (Lipinski definition) is 5. The molecule has 7 nitrogen and oxygen atoms in total. The molecule has 0 aliphatic rings. The fraction of sp³-hybridized carbons (Fsp3) is 0.273. The molecule has 0 aliphatic heterocycles. The molecule has 0 heterocycles. The van der Waals surface area contributed by atoms with Gasteiger partial charge in [-0.1, -0.05) is 12.1 Å². The van der Waals surface area contributed by atoms with Crippen LogP contribution in [0.1, 0.15) is 17.3 Å². The highest BCUT2D eigenvalue weighted by Crippen LogP contribution is 2.11. The number of ketones is 1. The van der Waals surface area contributed by atoms with Crippen LogP contribution in [0.2, 0.25) is 0 Å². The summed E-state index contributed by atoms with van der Waals surface area (Å²) in [5, 5.41) is 17.4. The number of hydrogen-bond donors (Lipinski definition) is 3. The van der Waals surface area contributed by atoms with Gasteiger partial charge in [0, 0.05) is 12.1 Å². The van der Waals surface area contributed by atoms with Gasteiger partial charge in [0.25, 0.3) is 0 Å². The van der Waals surface area contributed by atoms with Crippen molar-refractivity contribution in [2.24, 2.45) is 0 Å². The van der Waals surface area contributed by atoms with E-state index < -0.39 is 28.6 Å². The van der Waals surface area contributed by atoms with E-state index in [0.29, 0.717) is 0 Å². The summed E-state index contributed by atoms with van der Waals surface area (Å²) in [4.78, 5) is 21.3. The summed E-state index contributed by atoms with van der Waals surface area (Å²) in [5.74, 6) is -1.82. The van der Waals surface area contributed by atoms with Gasteiger partial charge < -0.3 is 10.2 Å². The maximum Gasteiger partial charge on any atom is 0.333 e. The lowest BCUT2D eigenvalue weighted by Gasteiger charge is -2.09. The van der Waals surface area contributed by atoms with E-state index in [1.54, 1.807) is 0 Å². The first-order valence-electron chi connectivity index (χ1n) is 5.25. The number of benzene rings is 1. The predicted molar refractivity (Wildman–Crippen MR) is 65.3 cm³/mol. The van der Waals surface area contributed by atoms with Crippen LogP contribution in [0.4, 0.5) is 0 Å². The van der Waals surface area contributed by atoms with Gasteiger partial charge in [-0.3, -0.25) is 4.79 Å². The Labute approximate surface area is 109 Å². The van der Waals surface area contributed by atoms with Crippen LogP contribution in [0.15, 0.2) is 29.2 Å². The van der Waals surface area contributed by atoms with Crippen molar-refractivity contribution in [3.05, 3.63) is 29.8 Å². The zero-order valence-corrected chi connectivity index (χ0v) is 10.8. The fourth-order valence-corrected chi connectivity index (χ4v) is 2.33. The van der Waals surface area contributed by atoms with E-state index >= 15 is 0 Å². The summed E-state index contributed by atoms with van der Waals surface area (Å²) in [6.07, 6.45) is -1.83. The van der Waals surface area contributed by atoms with Crippen LogP contribution in [0, 0.1) is 0 Å². The molecule has 1 aromatic rings. The molecule has 0 fully saturated rings. The standard InChI is InChI=1S/C11H13NO6S/c1-7(13)8-3-2-4-9(5-8)19(17,18)12-6-10(14)11(15)16/h2-5,10,12,14H,6H2,1H3,(H,15,16). The number of carboxylic acid groups (broad SMARTS) is 1. The molecular weight excluding hydrogens is 274 g/mol. The molecule has 1 unspecified atom stereocenters. The molecule has 0 radical (unpaired) electrons. The first-order valence-corrected chi connectivity index (χ1v) is 6.74. The van der Waals surface area contributed by atoms with E-state index in [9.17, 15) is 18.0 Å². The number of nitrogens with one attached hydrogen (secondary N) is 1. The third kappa shape index (κ3) is 4.12. The number of sulfonamides is 1. The molecule has 19 heavy (non-hydrogen) atoms. The number of Topliss-reactive ketones (excluding diaryl/α,β-unsaturated/α-hetero) is 1. The molecule has 0 saturated heterocycles. The second-order valence-corrected chi connectivity index (χ2v) is 5.56. The molecule has 0 aromatic heterocycles. The molecule has 1 aromatic carbocycles. The zero-order valence-electron chi connectivity index (χ0n) is 10.0. The number of aliphatic hydroxyl groups is 1. The van der Waals surface area contributed by atoms with Gasteiger partial charge in [0.05, 0.1) is 4.90 Å². The summed E-state index contributed by atoms with van der Waals surface area (Å²) >= 11 is 0. The average Bonchev–Trinajstić information content (AvgIpc) is 2.36. The Kier molecular flexibility index (Phi) is 4.76. The van der Waals surface area contributed by atoms with Crippen molar-refractivity contribution < 1.29 is 28.2 Å². The van der Waals surface area contributed by atoms with E-state index in [0.717, 1.165) is 0 Å². The molecule has 0 aliphatic carbocycles. The second-order valence-electron chi connectivity index (χ2n) is 3.79. The third-order valence-corrected chi connectivity index (χ3v) is 3.72. The maximum absolute atomic E-state index is 11.8. The molecule has 8 heteroatoms. The van der Waals surface area contributed by atoms with Crippen molar-refractivity contribution in [1.29, 1.82) is 0 Å². The Bertz CT molecular complexity index is 595. The molecule has 3 N–H and O–H groups in total. The lowest BCUT2D eigenvalue weighted by Crippen LogP contribution is -2.36. The lowest BCUT2D eigenvalue weighted by atomic mass is 10.2. The van der Waals surface area contributed by atoms with Crippen LogP contribution in [0.3, 0.4) is 0 Å². The summed E-state index contributed by atoms with van der Waals surface area (Å²) < 4.78 is 25.6. The predicted octanol–water partition coefficient (Wildman–Crippen LogP) is -0.387. The highest BCUT2D eigenvalue weighted by Gasteiger charge is 2.19. The summed E-state index contributed by atoms with van der Waals surface area (Å²) in [7, 11) is -3.97. The van der Waals surface area contributed by atoms with Crippen LogP contribution in [-0.2, 0) is 14.8 Å². The first kappa shape index (κ1) is 15.3. The summed E-state index contributed by atoms with van der Waals surface area (Å²) in [5.41, 5.74) is 0.224. The maximum atomic E-state index is 11.8. The van der Waals surface area contributed by atoms with Crippen molar-refractivity contribution in [3.63, 3.8) is 0 Å². The number of aliphatic hydroxyl groups excluding tert-OH is 1. The van der Waals surface area contributed by atoms with Crippen molar-refractivity contribution in [2.45, 2.75) is 17.9 Å². The fourth-order valence-electron chi connectivity index (χ4n) is 1.24. The minimum Gasteiger partial charge on any atom is -0.479 e. The Balaban J connectivity index is 2.91. The largest absolute Gasteiger partial charge is 0.479 e. The highest BCUT2D eigenvalue weighted by molar-refractivity contribution is 7.89. The molecule has 1 atom stereocenters. The van der Waals surface area contributed by atoms with Gasteiger partial charge in [0.15, 0.2) is 11.9 Å². The van der Waals surface area contributed by atoms with E-state index in [-0.39, 0.29) is 16.2 Å². The van der Waals surface area contributed by atoms with Gasteiger partial charge in [0.1, 0.15) is 0 Å². The Morgan fingerprint density at radius 2 is 2.00 bits per heavy atom. The Morgan fingerprint density at radius 3 is 2.53 bits per heavy atom. The van der Waals surface area contributed by atoms with Gasteiger partial charge in [-0.05, 0) is 19.1 Å². The van der Waals surface area contributed by atoms with Crippen molar-refractivity contribution in [1.82, 2.24) is 4.72 Å². The Morgan fingerprint density at radius 1 is 1.37 bits per heavy atom. The van der Waals surface area contributed by atoms with Gasteiger partial charge >= 0.3 is 5.97 Å². The zero-order chi connectivity index (χ0) is 14.6. The van der Waals surface area contributed by atoms with Crippen LogP contribution in [0.5, 0.6) is 0 Å². The van der Waals surface area contributed by atoms with Gasteiger partial charge in [0.2, 0.25) is 10.0 Å². The first-order chi connectivity index (χ1) is 8.74. The van der Waals surface area contributed by atoms with E-state index in [1.807, 2.05) is 4.72 Å². The SMILES string of the molecule is CC(=O)c1cccc(S(=O)(=O)NCC(O)C(=O)O)c1. The van der Waals surface area contributed by atoms with Crippen molar-refractivity contribution in [3.8, 4) is 0 Å². The second kappa shape index (κ2) is 5.91. The van der Waals surface area contributed by atoms with Crippen LogP contribution in [-0.4, -0.2) is 43.0 Å². The molecular formula is C11H13NO6S. The quantitative estimate of drug-likeness (QED) is 0.613. The average molecular weight is 287 g/mol. The highest BCUT2D eigenvalue weighted by atomic mass is 32.2. The molecule has 1 rings (SSSR count). The van der Waals surface area contributed by atoms with Gasteiger partial charge in [-0.15, -0.1) is 0 Å². The van der Waals surface area contributed by atoms with E-state index in [2.05, 4.69) is 0 Å². The van der Waals surface area contributed by atoms with Crippen LogP contribution >= 0.6 is 0 Å². The smallest absolute Gasteiger partial charge is 0.333 e. The molecule has 0 saturated carbocycles. The third-order valence-electron chi connectivity index (χ3n) is 2.30. The van der Waals surface area contributed by atoms with E-state index in [1.165, 1.54) is 31.2 Å². The van der Waals surface area contributed by atoms with Crippen molar-refractivity contribution >= 4 is 21.8 Å². The van der Waals surface area contributed by atoms with E-state index in [4.69, 9.17) is 10.2 Å². The van der Waals surface area contributed by atoms with Crippen LogP contribution in [0.25, 0.3) is 0 Å². The Hall–Kier alpha value is -1.77. The van der Waals surface area contributed by atoms with Crippen molar-refractivity contribution in [2.75, 3.05) is 6.54 Å². The summed E-state index contributed by atoms with van der Waals surface area (Å²) in [6, 6.07) is 5.31. The van der Waals surface area contributed by atoms with Crippen LogP contribution < -0.4 is 4.72 Å². The topological polar surface area (TPSA) is 121 Å². The minimum atomic E-state index is -3.97. The molecule has 0 amide bonds. The van der Waals surface area contributed by atoms with Gasteiger partial charge in [-0.25, -0.2) is 17.9 Å².